The normalized spacial score (nSPS) is 22.7. The van der Waals surface area contributed by atoms with Crippen molar-refractivity contribution in [1.82, 2.24) is 4.98 Å². The van der Waals surface area contributed by atoms with Crippen LogP contribution in [0, 0.1) is 11.3 Å². The van der Waals surface area contributed by atoms with E-state index in [9.17, 15) is 4.79 Å². The zero-order chi connectivity index (χ0) is 13.8. The predicted octanol–water partition coefficient (Wildman–Crippen LogP) is 0.720. The van der Waals surface area contributed by atoms with Crippen LogP contribution in [0.5, 0.6) is 0 Å². The van der Waals surface area contributed by atoms with Crippen molar-refractivity contribution in [2.45, 2.75) is 19.1 Å². The van der Waals surface area contributed by atoms with Gasteiger partial charge < -0.3 is 14.4 Å². The van der Waals surface area contributed by atoms with Crippen LogP contribution in [0.25, 0.3) is 0 Å². The molecule has 1 aromatic rings. The highest BCUT2D eigenvalue weighted by Gasteiger charge is 2.31. The van der Waals surface area contributed by atoms with E-state index in [4.69, 9.17) is 14.7 Å². The topological polar surface area (TPSA) is 75.5 Å². The van der Waals surface area contributed by atoms with Crippen LogP contribution in [0.3, 0.4) is 0 Å². The van der Waals surface area contributed by atoms with E-state index in [0.29, 0.717) is 24.6 Å². The highest BCUT2D eigenvalue weighted by Crippen LogP contribution is 2.19. The summed E-state index contributed by atoms with van der Waals surface area (Å²) in [7, 11) is 1.34. The molecule has 0 amide bonds. The molecule has 0 aromatic carbocycles. The summed E-state index contributed by atoms with van der Waals surface area (Å²) in [6.07, 6.45) is -0.730. The molecule has 0 spiro atoms. The molecule has 0 saturated carbocycles. The zero-order valence-electron chi connectivity index (χ0n) is 10.9. The smallest absolute Gasteiger partial charge is 0.336 e. The molecule has 1 aliphatic heterocycles. The SMILES string of the molecule is COC(=O)C1CN(c2cccc(C#N)n2)C[C@@H](C)O1. The Labute approximate surface area is 111 Å². The fourth-order valence-corrected chi connectivity index (χ4v) is 2.06. The van der Waals surface area contributed by atoms with Crippen LogP contribution in [-0.2, 0) is 14.3 Å². The van der Waals surface area contributed by atoms with E-state index in [0.717, 1.165) is 0 Å². The van der Waals surface area contributed by atoms with Gasteiger partial charge in [-0.3, -0.25) is 0 Å². The zero-order valence-corrected chi connectivity index (χ0v) is 10.9. The van der Waals surface area contributed by atoms with Gasteiger partial charge in [-0.1, -0.05) is 6.07 Å². The number of hydrogen-bond acceptors (Lipinski definition) is 6. The number of rotatable bonds is 2. The molecule has 2 rings (SSSR count). The van der Waals surface area contributed by atoms with Gasteiger partial charge in [0.1, 0.15) is 17.6 Å². The van der Waals surface area contributed by atoms with Gasteiger partial charge in [-0.25, -0.2) is 9.78 Å². The first-order valence-corrected chi connectivity index (χ1v) is 5.99. The third-order valence-electron chi connectivity index (χ3n) is 2.90. The summed E-state index contributed by atoms with van der Waals surface area (Å²) in [6, 6.07) is 7.23. The first-order valence-electron chi connectivity index (χ1n) is 5.99. The summed E-state index contributed by atoms with van der Waals surface area (Å²) in [5, 5.41) is 8.86. The van der Waals surface area contributed by atoms with E-state index in [1.54, 1.807) is 12.1 Å². The molecule has 100 valence electrons. The molecule has 0 aliphatic carbocycles. The molecule has 1 aliphatic rings. The number of nitrogens with zero attached hydrogens (tertiary/aromatic N) is 3. The standard InChI is InChI=1S/C13H15N3O3/c1-9-7-16(8-11(19-9)13(17)18-2)12-5-3-4-10(6-14)15-12/h3-5,9,11H,7-8H2,1-2H3/t9-,11?/m1/s1. The van der Waals surface area contributed by atoms with Crippen molar-refractivity contribution in [2.24, 2.45) is 0 Å². The van der Waals surface area contributed by atoms with Crippen molar-refractivity contribution in [3.63, 3.8) is 0 Å². The number of morpholine rings is 1. The Morgan fingerprint density at radius 1 is 1.58 bits per heavy atom. The Kier molecular flexibility index (Phi) is 3.97. The number of carbonyl (C=O) groups is 1. The minimum Gasteiger partial charge on any atom is -0.467 e. The second-order valence-electron chi connectivity index (χ2n) is 4.36. The van der Waals surface area contributed by atoms with Gasteiger partial charge in [0.2, 0.25) is 0 Å². The summed E-state index contributed by atoms with van der Waals surface area (Å²) in [6.45, 7) is 2.88. The summed E-state index contributed by atoms with van der Waals surface area (Å²) in [4.78, 5) is 17.7. The Balaban J connectivity index is 2.19. The molecule has 2 atom stereocenters. The number of nitriles is 1. The van der Waals surface area contributed by atoms with Crippen LogP contribution in [0.2, 0.25) is 0 Å². The summed E-state index contributed by atoms with van der Waals surface area (Å²) in [5.41, 5.74) is 0.353. The Morgan fingerprint density at radius 3 is 3.05 bits per heavy atom. The van der Waals surface area contributed by atoms with Gasteiger partial charge in [-0.05, 0) is 19.1 Å². The van der Waals surface area contributed by atoms with Crippen molar-refractivity contribution < 1.29 is 14.3 Å². The van der Waals surface area contributed by atoms with Crippen molar-refractivity contribution in [3.8, 4) is 6.07 Å². The van der Waals surface area contributed by atoms with E-state index in [2.05, 4.69) is 4.98 Å². The third kappa shape index (κ3) is 3.01. The minimum absolute atomic E-state index is 0.106. The molecule has 1 fully saturated rings. The fraction of sp³-hybridized carbons (Fsp3) is 0.462. The fourth-order valence-electron chi connectivity index (χ4n) is 2.06. The second kappa shape index (κ2) is 5.67. The Morgan fingerprint density at radius 2 is 2.37 bits per heavy atom. The lowest BCUT2D eigenvalue weighted by Crippen LogP contribution is -2.50. The molecule has 19 heavy (non-hydrogen) atoms. The maximum atomic E-state index is 11.6. The first-order chi connectivity index (χ1) is 9.13. The van der Waals surface area contributed by atoms with E-state index >= 15 is 0 Å². The van der Waals surface area contributed by atoms with E-state index in [1.807, 2.05) is 24.0 Å². The molecule has 6 heteroatoms. The maximum absolute atomic E-state index is 11.6. The molecule has 0 radical (unpaired) electrons. The van der Waals surface area contributed by atoms with Crippen molar-refractivity contribution >= 4 is 11.8 Å². The van der Waals surface area contributed by atoms with Gasteiger partial charge in [0.25, 0.3) is 0 Å². The van der Waals surface area contributed by atoms with E-state index in [1.165, 1.54) is 7.11 Å². The number of hydrogen-bond donors (Lipinski definition) is 0. The van der Waals surface area contributed by atoms with E-state index in [-0.39, 0.29) is 6.10 Å². The van der Waals surface area contributed by atoms with Gasteiger partial charge in [0.05, 0.1) is 19.8 Å². The quantitative estimate of drug-likeness (QED) is 0.730. The lowest BCUT2D eigenvalue weighted by atomic mass is 10.2. The van der Waals surface area contributed by atoms with Crippen LogP contribution in [-0.4, -0.2) is 43.4 Å². The van der Waals surface area contributed by atoms with Crippen LogP contribution in [0.1, 0.15) is 12.6 Å². The number of aromatic nitrogens is 1. The molecule has 1 saturated heterocycles. The average Bonchev–Trinajstić information content (AvgIpc) is 2.45. The van der Waals surface area contributed by atoms with Crippen LogP contribution in [0.15, 0.2) is 18.2 Å². The number of carbonyl (C=O) groups excluding carboxylic acids is 1. The van der Waals surface area contributed by atoms with Gasteiger partial charge >= 0.3 is 5.97 Å². The molecule has 1 unspecified atom stereocenters. The molecule has 6 nitrogen and oxygen atoms in total. The lowest BCUT2D eigenvalue weighted by molar-refractivity contribution is -0.158. The van der Waals surface area contributed by atoms with Crippen LogP contribution >= 0.6 is 0 Å². The minimum atomic E-state index is -0.624. The van der Waals surface area contributed by atoms with Crippen molar-refractivity contribution in [2.75, 3.05) is 25.1 Å². The molecular weight excluding hydrogens is 246 g/mol. The number of pyridine rings is 1. The van der Waals surface area contributed by atoms with Gasteiger partial charge in [-0.2, -0.15) is 5.26 Å². The van der Waals surface area contributed by atoms with Crippen molar-refractivity contribution in [3.05, 3.63) is 23.9 Å². The van der Waals surface area contributed by atoms with E-state index < -0.39 is 12.1 Å². The highest BCUT2D eigenvalue weighted by atomic mass is 16.6. The Bertz CT molecular complexity index is 512. The average molecular weight is 261 g/mol. The monoisotopic (exact) mass is 261 g/mol. The lowest BCUT2D eigenvalue weighted by Gasteiger charge is -2.36. The first kappa shape index (κ1) is 13.3. The molecule has 1 aromatic heterocycles. The number of esters is 1. The third-order valence-corrected chi connectivity index (χ3v) is 2.90. The van der Waals surface area contributed by atoms with Gasteiger partial charge in [0.15, 0.2) is 6.10 Å². The summed E-state index contributed by atoms with van der Waals surface area (Å²) < 4.78 is 10.2. The molecule has 0 N–H and O–H groups in total. The summed E-state index contributed by atoms with van der Waals surface area (Å²) >= 11 is 0. The largest absolute Gasteiger partial charge is 0.467 e. The number of ether oxygens (including phenoxy) is 2. The second-order valence-corrected chi connectivity index (χ2v) is 4.36. The number of anilines is 1. The van der Waals surface area contributed by atoms with Crippen LogP contribution < -0.4 is 4.90 Å². The van der Waals surface area contributed by atoms with Crippen molar-refractivity contribution in [1.29, 1.82) is 5.26 Å². The van der Waals surface area contributed by atoms with Gasteiger partial charge in [0, 0.05) is 6.54 Å². The van der Waals surface area contributed by atoms with Crippen LogP contribution in [0.4, 0.5) is 5.82 Å². The van der Waals surface area contributed by atoms with Gasteiger partial charge in [-0.15, -0.1) is 0 Å². The highest BCUT2D eigenvalue weighted by molar-refractivity contribution is 5.75. The number of methoxy groups -OCH3 is 1. The molecule has 2 heterocycles. The predicted molar refractivity (Wildman–Crippen MR) is 67.5 cm³/mol. The molecule has 0 bridgehead atoms. The summed E-state index contributed by atoms with van der Waals surface area (Å²) in [5.74, 6) is 0.274. The molecular formula is C13H15N3O3. The maximum Gasteiger partial charge on any atom is 0.336 e. The Hall–Kier alpha value is -2.13.